The summed E-state index contributed by atoms with van der Waals surface area (Å²) >= 11 is 6.61. The summed E-state index contributed by atoms with van der Waals surface area (Å²) in [5.74, 6) is -1.12. The Hall–Kier alpha value is -3.45. The van der Waals surface area contributed by atoms with E-state index in [0.29, 0.717) is 22.6 Å². The van der Waals surface area contributed by atoms with Gasteiger partial charge in [-0.25, -0.2) is 0 Å². The number of aromatic nitrogens is 1. The van der Waals surface area contributed by atoms with Crippen LogP contribution in [0.2, 0.25) is 5.02 Å². The predicted molar refractivity (Wildman–Crippen MR) is 106 cm³/mol. The summed E-state index contributed by atoms with van der Waals surface area (Å²) in [4.78, 5) is 35.9. The first-order valence-electron chi connectivity index (χ1n) is 8.97. The lowest BCUT2D eigenvalue weighted by Crippen LogP contribution is -2.39. The minimum atomic E-state index is -0.466. The fraction of sp³-hybridized carbons (Fsp3) is 0.143. The molecule has 0 bridgehead atoms. The Kier molecular flexibility index (Phi) is 5.14. The smallest absolute Gasteiger partial charge is 0.258 e. The zero-order valence-electron chi connectivity index (χ0n) is 15.1. The molecule has 3 aromatic rings. The number of amides is 3. The molecule has 0 spiro atoms. The molecule has 2 N–H and O–H groups in total. The molecule has 0 saturated carbocycles. The SMILES string of the molecule is O=C1CCC(c2cccc(-c3ccc(C(=O)Nc4ccno4)cc3)c2Cl)C(=O)N1. The van der Waals surface area contributed by atoms with E-state index < -0.39 is 5.92 Å². The first kappa shape index (κ1) is 18.9. The third-order valence-corrected chi connectivity index (χ3v) is 5.20. The molecule has 0 radical (unpaired) electrons. The highest BCUT2D eigenvalue weighted by molar-refractivity contribution is 6.34. The number of nitrogens with one attached hydrogen (secondary N) is 2. The lowest BCUT2D eigenvalue weighted by molar-refractivity contribution is -0.134. The number of carbonyl (C=O) groups is 3. The molecule has 2 aromatic carbocycles. The van der Waals surface area contributed by atoms with Crippen LogP contribution < -0.4 is 10.6 Å². The molecule has 3 amide bonds. The van der Waals surface area contributed by atoms with Gasteiger partial charge in [0.1, 0.15) is 0 Å². The first-order chi connectivity index (χ1) is 14.0. The lowest BCUT2D eigenvalue weighted by Gasteiger charge is -2.23. The van der Waals surface area contributed by atoms with E-state index in [1.807, 2.05) is 12.1 Å². The van der Waals surface area contributed by atoms with E-state index in [2.05, 4.69) is 15.8 Å². The number of piperidine rings is 1. The van der Waals surface area contributed by atoms with Crippen molar-refractivity contribution in [2.45, 2.75) is 18.8 Å². The molecule has 2 heterocycles. The Labute approximate surface area is 171 Å². The molecule has 0 aliphatic carbocycles. The third-order valence-electron chi connectivity index (χ3n) is 4.78. The molecule has 1 aliphatic rings. The van der Waals surface area contributed by atoms with Crippen molar-refractivity contribution in [3.8, 4) is 11.1 Å². The number of anilines is 1. The van der Waals surface area contributed by atoms with Gasteiger partial charge in [0.2, 0.25) is 17.7 Å². The molecule has 146 valence electrons. The van der Waals surface area contributed by atoms with Crippen molar-refractivity contribution in [2.75, 3.05) is 5.32 Å². The van der Waals surface area contributed by atoms with Gasteiger partial charge in [0.05, 0.1) is 17.1 Å². The maximum atomic E-state index is 12.3. The maximum Gasteiger partial charge on any atom is 0.258 e. The number of benzene rings is 2. The van der Waals surface area contributed by atoms with Crippen molar-refractivity contribution in [2.24, 2.45) is 0 Å². The topological polar surface area (TPSA) is 101 Å². The van der Waals surface area contributed by atoms with Crippen molar-refractivity contribution in [1.29, 1.82) is 0 Å². The molecule has 29 heavy (non-hydrogen) atoms. The highest BCUT2D eigenvalue weighted by Crippen LogP contribution is 2.37. The van der Waals surface area contributed by atoms with E-state index >= 15 is 0 Å². The summed E-state index contributed by atoms with van der Waals surface area (Å²) in [6.45, 7) is 0. The van der Waals surface area contributed by atoms with Crippen LogP contribution in [0.4, 0.5) is 5.88 Å². The second kappa shape index (κ2) is 7.89. The predicted octanol–water partition coefficient (Wildman–Crippen LogP) is 3.77. The summed E-state index contributed by atoms with van der Waals surface area (Å²) in [6.07, 6.45) is 2.15. The summed E-state index contributed by atoms with van der Waals surface area (Å²) in [6, 6.07) is 13.9. The van der Waals surface area contributed by atoms with E-state index in [-0.39, 0.29) is 30.0 Å². The highest BCUT2D eigenvalue weighted by Gasteiger charge is 2.30. The summed E-state index contributed by atoms with van der Waals surface area (Å²) in [5.41, 5.74) is 2.68. The van der Waals surface area contributed by atoms with Crippen LogP contribution in [0.3, 0.4) is 0 Å². The number of rotatable bonds is 4. The number of nitrogens with zero attached hydrogens (tertiary/aromatic N) is 1. The molecule has 1 saturated heterocycles. The van der Waals surface area contributed by atoms with Gasteiger partial charge in [-0.2, -0.15) is 0 Å². The lowest BCUT2D eigenvalue weighted by atomic mass is 9.88. The van der Waals surface area contributed by atoms with Gasteiger partial charge >= 0.3 is 0 Å². The van der Waals surface area contributed by atoms with E-state index in [1.54, 1.807) is 36.4 Å². The van der Waals surface area contributed by atoms with Crippen LogP contribution in [0.5, 0.6) is 0 Å². The minimum absolute atomic E-state index is 0.263. The van der Waals surface area contributed by atoms with Gasteiger partial charge in [-0.15, -0.1) is 0 Å². The third kappa shape index (κ3) is 3.90. The van der Waals surface area contributed by atoms with Gasteiger partial charge < -0.3 is 4.52 Å². The normalized spacial score (nSPS) is 16.4. The zero-order chi connectivity index (χ0) is 20.4. The molecular weight excluding hydrogens is 394 g/mol. The summed E-state index contributed by atoms with van der Waals surface area (Å²) in [5, 5.41) is 8.96. The maximum absolute atomic E-state index is 12.3. The van der Waals surface area contributed by atoms with Crippen molar-refractivity contribution < 1.29 is 18.9 Å². The van der Waals surface area contributed by atoms with Crippen LogP contribution in [-0.4, -0.2) is 22.9 Å². The number of hydrogen-bond acceptors (Lipinski definition) is 5. The Morgan fingerprint density at radius 3 is 2.62 bits per heavy atom. The van der Waals surface area contributed by atoms with Crippen molar-refractivity contribution in [3.05, 3.63) is 70.9 Å². The van der Waals surface area contributed by atoms with Crippen LogP contribution in [0.15, 0.2) is 59.3 Å². The zero-order valence-corrected chi connectivity index (χ0v) is 15.9. The van der Waals surface area contributed by atoms with Crippen molar-refractivity contribution >= 4 is 35.2 Å². The van der Waals surface area contributed by atoms with E-state index in [0.717, 1.165) is 11.1 Å². The molecule has 7 nitrogen and oxygen atoms in total. The van der Waals surface area contributed by atoms with E-state index in [9.17, 15) is 14.4 Å². The number of halogens is 1. The molecule has 4 rings (SSSR count). The van der Waals surface area contributed by atoms with Gasteiger partial charge in [-0.05, 0) is 29.7 Å². The van der Waals surface area contributed by atoms with Crippen LogP contribution in [-0.2, 0) is 9.59 Å². The van der Waals surface area contributed by atoms with E-state index in [1.165, 1.54) is 6.20 Å². The fourth-order valence-corrected chi connectivity index (χ4v) is 3.66. The number of hydrogen-bond donors (Lipinski definition) is 2. The summed E-state index contributed by atoms with van der Waals surface area (Å²) < 4.78 is 4.87. The monoisotopic (exact) mass is 409 g/mol. The number of carbonyl (C=O) groups excluding carboxylic acids is 3. The number of imide groups is 1. The summed E-state index contributed by atoms with van der Waals surface area (Å²) in [7, 11) is 0. The van der Waals surface area contributed by atoms with E-state index in [4.69, 9.17) is 16.1 Å². The second-order valence-corrected chi connectivity index (χ2v) is 7.00. The van der Waals surface area contributed by atoms with Gasteiger partial charge in [-0.3, -0.25) is 25.0 Å². The van der Waals surface area contributed by atoms with Gasteiger partial charge in [0.25, 0.3) is 5.91 Å². The highest BCUT2D eigenvalue weighted by atomic mass is 35.5. The van der Waals surface area contributed by atoms with Gasteiger partial charge in [-0.1, -0.05) is 47.1 Å². The average molecular weight is 410 g/mol. The molecule has 1 unspecified atom stereocenters. The Morgan fingerprint density at radius 1 is 1.14 bits per heavy atom. The largest absolute Gasteiger partial charge is 0.338 e. The van der Waals surface area contributed by atoms with Crippen molar-refractivity contribution in [1.82, 2.24) is 10.5 Å². The van der Waals surface area contributed by atoms with Crippen molar-refractivity contribution in [3.63, 3.8) is 0 Å². The van der Waals surface area contributed by atoms with Crippen LogP contribution in [0, 0.1) is 0 Å². The van der Waals surface area contributed by atoms with Crippen LogP contribution in [0.1, 0.15) is 34.7 Å². The van der Waals surface area contributed by atoms with Crippen LogP contribution in [0.25, 0.3) is 11.1 Å². The molecule has 1 aromatic heterocycles. The first-order valence-corrected chi connectivity index (χ1v) is 9.35. The Balaban J connectivity index is 1.58. The average Bonchev–Trinajstić information content (AvgIpc) is 3.22. The Morgan fingerprint density at radius 2 is 1.93 bits per heavy atom. The van der Waals surface area contributed by atoms with Gasteiger partial charge in [0.15, 0.2) is 0 Å². The molecule has 8 heteroatoms. The fourth-order valence-electron chi connectivity index (χ4n) is 3.30. The molecule has 1 atom stereocenters. The molecule has 1 fully saturated rings. The quantitative estimate of drug-likeness (QED) is 0.639. The second-order valence-electron chi connectivity index (χ2n) is 6.62. The van der Waals surface area contributed by atoms with Gasteiger partial charge in [0, 0.05) is 23.6 Å². The van der Waals surface area contributed by atoms with Crippen LogP contribution >= 0.6 is 11.6 Å². The Bertz CT molecular complexity index is 1080. The molecular formula is C21H16ClN3O4. The standard InChI is InChI=1S/C21H16ClN3O4/c22-19-14(2-1-3-15(19)16-8-9-17(26)24-21(16)28)12-4-6-13(7-5-12)20(27)25-18-10-11-23-29-18/h1-7,10-11,16H,8-9H2,(H,25,27)(H,24,26,28). The minimum Gasteiger partial charge on any atom is -0.338 e. The molecule has 1 aliphatic heterocycles.